The van der Waals surface area contributed by atoms with Gasteiger partial charge in [-0.3, -0.25) is 9.69 Å². The van der Waals surface area contributed by atoms with Gasteiger partial charge >= 0.3 is 0 Å². The number of nitrogens with one attached hydrogen (secondary N) is 1. The van der Waals surface area contributed by atoms with Crippen LogP contribution in [0.3, 0.4) is 0 Å². The fraction of sp³-hybridized carbons (Fsp3) is 0.182. The van der Waals surface area contributed by atoms with E-state index in [1.165, 1.54) is 22.5 Å². The molecule has 1 aliphatic heterocycles. The molecule has 0 aliphatic carbocycles. The first-order valence-corrected chi connectivity index (χ1v) is 10.4. The summed E-state index contributed by atoms with van der Waals surface area (Å²) in [6.45, 7) is 2.50. The van der Waals surface area contributed by atoms with Crippen molar-refractivity contribution in [1.29, 1.82) is 0 Å². The van der Waals surface area contributed by atoms with Crippen molar-refractivity contribution in [1.82, 2.24) is 14.9 Å². The number of aromatic nitrogens is 2. The van der Waals surface area contributed by atoms with E-state index < -0.39 is 0 Å². The molecule has 0 saturated carbocycles. The third-order valence-electron chi connectivity index (χ3n) is 5.14. The van der Waals surface area contributed by atoms with Crippen molar-refractivity contribution in [3.8, 4) is 10.4 Å². The lowest BCUT2D eigenvalue weighted by Crippen LogP contribution is -2.31. The molecule has 0 saturated heterocycles. The fourth-order valence-electron chi connectivity index (χ4n) is 3.72. The van der Waals surface area contributed by atoms with Gasteiger partial charge in [-0.15, -0.1) is 11.3 Å². The lowest BCUT2D eigenvalue weighted by molar-refractivity contribution is 0.239. The van der Waals surface area contributed by atoms with Crippen molar-refractivity contribution in [2.45, 2.75) is 19.5 Å². The summed E-state index contributed by atoms with van der Waals surface area (Å²) in [6.07, 6.45) is 1.03. The van der Waals surface area contributed by atoms with E-state index in [9.17, 15) is 4.79 Å². The van der Waals surface area contributed by atoms with Crippen molar-refractivity contribution in [2.24, 2.45) is 0 Å². The van der Waals surface area contributed by atoms with E-state index in [2.05, 4.69) is 34.1 Å². The second kappa shape index (κ2) is 7.17. The molecule has 3 heterocycles. The van der Waals surface area contributed by atoms with Crippen LogP contribution in [0.15, 0.2) is 59.4 Å². The Morgan fingerprint density at radius 3 is 2.71 bits per heavy atom. The summed E-state index contributed by atoms with van der Waals surface area (Å²) >= 11 is 7.44. The molecule has 2 aromatic carbocycles. The molecule has 0 radical (unpaired) electrons. The van der Waals surface area contributed by atoms with Crippen LogP contribution in [0.1, 0.15) is 17.0 Å². The Morgan fingerprint density at radius 1 is 1.11 bits per heavy atom. The monoisotopic (exact) mass is 407 g/mol. The smallest absolute Gasteiger partial charge is 0.268 e. The Hall–Kier alpha value is -2.47. The Morgan fingerprint density at radius 2 is 1.89 bits per heavy atom. The SMILES string of the molecule is O=c1[nH]c(CN2CCc3ccccc3C2)nc2cc(-c3ccc(Cl)cc3)sc12. The highest BCUT2D eigenvalue weighted by Gasteiger charge is 2.18. The minimum Gasteiger partial charge on any atom is -0.308 e. The molecule has 0 amide bonds. The van der Waals surface area contributed by atoms with Gasteiger partial charge in [0.05, 0.1) is 12.1 Å². The molecule has 6 heteroatoms. The van der Waals surface area contributed by atoms with Gasteiger partial charge in [0, 0.05) is 23.0 Å². The summed E-state index contributed by atoms with van der Waals surface area (Å²) in [5.74, 6) is 0.720. The summed E-state index contributed by atoms with van der Waals surface area (Å²) in [6, 6.07) is 18.2. The van der Waals surface area contributed by atoms with Crippen LogP contribution >= 0.6 is 22.9 Å². The molecule has 4 aromatic rings. The first kappa shape index (κ1) is 17.6. The van der Waals surface area contributed by atoms with Gasteiger partial charge in [0.25, 0.3) is 5.56 Å². The van der Waals surface area contributed by atoms with Crippen LogP contribution in [0.2, 0.25) is 5.02 Å². The Labute approximate surface area is 171 Å². The average Bonchev–Trinajstić information content (AvgIpc) is 3.13. The van der Waals surface area contributed by atoms with Crippen LogP contribution < -0.4 is 5.56 Å². The molecule has 1 aliphatic rings. The standard InChI is InChI=1S/C22H18ClN3OS/c23-17-7-5-15(6-8-17)19-11-18-21(28-19)22(27)25-20(24-18)13-26-10-9-14-3-1-2-4-16(14)12-26/h1-8,11H,9-10,12-13H2,(H,24,25,27). The normalized spacial score (nSPS) is 14.3. The van der Waals surface area contributed by atoms with Gasteiger partial charge in [0.15, 0.2) is 0 Å². The van der Waals surface area contributed by atoms with Crippen LogP contribution in [-0.4, -0.2) is 21.4 Å². The number of hydrogen-bond donors (Lipinski definition) is 1. The molecule has 0 bridgehead atoms. The lowest BCUT2D eigenvalue weighted by Gasteiger charge is -2.28. The number of fused-ring (bicyclic) bond motifs is 2. The number of rotatable bonds is 3. The number of H-pyrrole nitrogens is 1. The Bertz CT molecular complexity index is 1210. The van der Waals surface area contributed by atoms with E-state index >= 15 is 0 Å². The lowest BCUT2D eigenvalue weighted by atomic mass is 10.00. The molecule has 1 N–H and O–H groups in total. The molecule has 28 heavy (non-hydrogen) atoms. The second-order valence-corrected chi connectivity index (χ2v) is 8.56. The highest BCUT2D eigenvalue weighted by Crippen LogP contribution is 2.31. The predicted molar refractivity (Wildman–Crippen MR) is 115 cm³/mol. The first-order chi connectivity index (χ1) is 13.7. The molecule has 140 valence electrons. The number of hydrogen-bond acceptors (Lipinski definition) is 4. The summed E-state index contributed by atoms with van der Waals surface area (Å²) in [4.78, 5) is 23.7. The van der Waals surface area contributed by atoms with Crippen molar-refractivity contribution < 1.29 is 0 Å². The van der Waals surface area contributed by atoms with Crippen molar-refractivity contribution in [2.75, 3.05) is 6.54 Å². The van der Waals surface area contributed by atoms with Crippen LogP contribution in [0.5, 0.6) is 0 Å². The van der Waals surface area contributed by atoms with E-state index in [4.69, 9.17) is 16.6 Å². The van der Waals surface area contributed by atoms with Gasteiger partial charge < -0.3 is 4.98 Å². The number of thiophene rings is 1. The maximum atomic E-state index is 12.6. The molecular weight excluding hydrogens is 390 g/mol. The molecule has 0 fully saturated rings. The average molecular weight is 408 g/mol. The first-order valence-electron chi connectivity index (χ1n) is 9.23. The zero-order valence-electron chi connectivity index (χ0n) is 15.1. The minimum atomic E-state index is -0.0670. The van der Waals surface area contributed by atoms with Crippen molar-refractivity contribution >= 4 is 33.2 Å². The number of halogens is 1. The molecule has 0 spiro atoms. The van der Waals surface area contributed by atoms with E-state index in [1.807, 2.05) is 30.3 Å². The summed E-state index contributed by atoms with van der Waals surface area (Å²) in [5, 5.41) is 0.700. The highest BCUT2D eigenvalue weighted by molar-refractivity contribution is 7.22. The van der Waals surface area contributed by atoms with Gasteiger partial charge in [0.2, 0.25) is 0 Å². The zero-order valence-corrected chi connectivity index (χ0v) is 16.7. The van der Waals surface area contributed by atoms with Crippen LogP contribution in [0.4, 0.5) is 0 Å². The maximum Gasteiger partial charge on any atom is 0.268 e. The maximum absolute atomic E-state index is 12.6. The van der Waals surface area contributed by atoms with Crippen molar-refractivity contribution in [3.05, 3.63) is 86.9 Å². The number of nitrogens with zero attached hydrogens (tertiary/aromatic N) is 2. The van der Waals surface area contributed by atoms with Crippen LogP contribution in [0, 0.1) is 0 Å². The third kappa shape index (κ3) is 3.37. The van der Waals surface area contributed by atoms with E-state index in [-0.39, 0.29) is 5.56 Å². The molecular formula is C22H18ClN3OS. The summed E-state index contributed by atoms with van der Waals surface area (Å²) in [7, 11) is 0. The molecule has 4 nitrogen and oxygen atoms in total. The molecule has 2 aromatic heterocycles. The molecule has 0 atom stereocenters. The van der Waals surface area contributed by atoms with Crippen LogP contribution in [0.25, 0.3) is 20.7 Å². The summed E-state index contributed by atoms with van der Waals surface area (Å²) in [5.41, 5.74) is 4.51. The van der Waals surface area contributed by atoms with Gasteiger partial charge in [-0.1, -0.05) is 48.0 Å². The van der Waals surface area contributed by atoms with E-state index in [1.54, 1.807) is 0 Å². The van der Waals surface area contributed by atoms with Gasteiger partial charge in [-0.25, -0.2) is 4.98 Å². The number of aromatic amines is 1. The summed E-state index contributed by atoms with van der Waals surface area (Å²) < 4.78 is 0.665. The Balaban J connectivity index is 1.43. The van der Waals surface area contributed by atoms with Gasteiger partial charge in [0.1, 0.15) is 10.5 Å². The quantitative estimate of drug-likeness (QED) is 0.527. The zero-order chi connectivity index (χ0) is 19.1. The number of benzene rings is 2. The highest BCUT2D eigenvalue weighted by atomic mass is 35.5. The predicted octanol–water partition coefficient (Wildman–Crippen LogP) is 4.86. The molecule has 0 unspecified atom stereocenters. The van der Waals surface area contributed by atoms with E-state index in [0.717, 1.165) is 41.3 Å². The topological polar surface area (TPSA) is 49.0 Å². The Kier molecular flexibility index (Phi) is 4.51. The minimum absolute atomic E-state index is 0.0670. The van der Waals surface area contributed by atoms with Crippen LogP contribution in [-0.2, 0) is 19.5 Å². The second-order valence-electron chi connectivity index (χ2n) is 7.07. The third-order valence-corrected chi connectivity index (χ3v) is 6.57. The largest absolute Gasteiger partial charge is 0.308 e. The van der Waals surface area contributed by atoms with E-state index in [0.29, 0.717) is 16.3 Å². The van der Waals surface area contributed by atoms with Crippen molar-refractivity contribution in [3.63, 3.8) is 0 Å². The molecule has 5 rings (SSSR count). The van der Waals surface area contributed by atoms with Gasteiger partial charge in [-0.2, -0.15) is 0 Å². The van der Waals surface area contributed by atoms with Gasteiger partial charge in [-0.05, 0) is 41.3 Å². The fourth-order valence-corrected chi connectivity index (χ4v) is 4.84.